The van der Waals surface area contributed by atoms with Gasteiger partial charge in [-0.05, 0) is 18.2 Å². The summed E-state index contributed by atoms with van der Waals surface area (Å²) in [6, 6.07) is 8.34. The molecule has 1 radical (unpaired) electrons. The Morgan fingerprint density at radius 2 is 2.07 bits per heavy atom. The van der Waals surface area contributed by atoms with Crippen molar-refractivity contribution in [2.24, 2.45) is 0 Å². The smallest absolute Gasteiger partial charge is 0.406 e. The van der Waals surface area contributed by atoms with Crippen molar-refractivity contribution in [3.05, 3.63) is 36.5 Å². The summed E-state index contributed by atoms with van der Waals surface area (Å²) >= 11 is 0. The molecule has 0 amide bonds. The van der Waals surface area contributed by atoms with Gasteiger partial charge in [-0.2, -0.15) is 0 Å². The third kappa shape index (κ3) is 2.37. The van der Waals surface area contributed by atoms with E-state index in [9.17, 15) is 13.2 Å². The van der Waals surface area contributed by atoms with Crippen molar-refractivity contribution in [2.45, 2.75) is 6.36 Å². The summed E-state index contributed by atoms with van der Waals surface area (Å²) in [7, 11) is 0. The maximum atomic E-state index is 11.9. The number of nitrogens with zero attached hydrogens (tertiary/aromatic N) is 1. The molecular weight excluding hydrogens is 207 g/mol. The highest BCUT2D eigenvalue weighted by atomic mass is 19.4. The maximum Gasteiger partial charge on any atom is 0.573 e. The zero-order valence-corrected chi connectivity index (χ0v) is 7.38. The summed E-state index contributed by atoms with van der Waals surface area (Å²) in [5.74, 6) is -0.270. The van der Waals surface area contributed by atoms with E-state index >= 15 is 0 Å². The Labute approximate surface area is 83.3 Å². The van der Waals surface area contributed by atoms with Gasteiger partial charge in [0.2, 0.25) is 0 Å². The summed E-state index contributed by atoms with van der Waals surface area (Å²) < 4.78 is 39.4. The lowest BCUT2D eigenvalue weighted by Gasteiger charge is -2.08. The third-order valence-electron chi connectivity index (χ3n) is 1.75. The first-order chi connectivity index (χ1) is 7.04. The van der Waals surface area contributed by atoms with Gasteiger partial charge in [-0.1, -0.05) is 0 Å². The van der Waals surface area contributed by atoms with Crippen molar-refractivity contribution < 1.29 is 17.9 Å². The maximum absolute atomic E-state index is 11.9. The van der Waals surface area contributed by atoms with Crippen LogP contribution in [0.4, 0.5) is 13.2 Å². The van der Waals surface area contributed by atoms with E-state index in [1.54, 1.807) is 6.07 Å². The fourth-order valence-corrected chi connectivity index (χ4v) is 1.19. The van der Waals surface area contributed by atoms with Crippen molar-refractivity contribution in [3.8, 4) is 5.75 Å². The molecule has 0 fully saturated rings. The lowest BCUT2D eigenvalue weighted by molar-refractivity contribution is -0.274. The number of benzene rings is 1. The van der Waals surface area contributed by atoms with E-state index in [1.165, 1.54) is 24.4 Å². The zero-order valence-electron chi connectivity index (χ0n) is 7.38. The summed E-state index contributed by atoms with van der Waals surface area (Å²) in [5.41, 5.74) is 0.440. The fourth-order valence-electron chi connectivity index (χ4n) is 1.19. The van der Waals surface area contributed by atoms with Gasteiger partial charge in [0.1, 0.15) is 5.75 Å². The standard InChI is InChI=1S/C10H5F3NO/c11-10(12,13)15-8-4-3-7-2-1-5-14-9(7)6-8/h2-6H. The van der Waals surface area contributed by atoms with Crippen LogP contribution < -0.4 is 4.74 Å². The topological polar surface area (TPSA) is 22.1 Å². The van der Waals surface area contributed by atoms with E-state index in [0.717, 1.165) is 0 Å². The Morgan fingerprint density at radius 3 is 2.80 bits per heavy atom. The lowest BCUT2D eigenvalue weighted by atomic mass is 10.2. The number of hydrogen-bond donors (Lipinski definition) is 0. The molecule has 15 heavy (non-hydrogen) atoms. The second-order valence-electron chi connectivity index (χ2n) is 2.84. The minimum Gasteiger partial charge on any atom is -0.406 e. The van der Waals surface area contributed by atoms with E-state index in [2.05, 4.69) is 15.8 Å². The highest BCUT2D eigenvalue weighted by Gasteiger charge is 2.31. The van der Waals surface area contributed by atoms with Gasteiger partial charge in [0.25, 0.3) is 0 Å². The monoisotopic (exact) mass is 212 g/mol. The molecule has 1 aromatic carbocycles. The third-order valence-corrected chi connectivity index (χ3v) is 1.75. The molecule has 1 aromatic heterocycles. The Hall–Kier alpha value is -1.78. The van der Waals surface area contributed by atoms with E-state index in [1.807, 2.05) is 0 Å². The number of aromatic nitrogens is 1. The van der Waals surface area contributed by atoms with E-state index in [0.29, 0.717) is 10.9 Å². The van der Waals surface area contributed by atoms with Crippen molar-refractivity contribution in [1.29, 1.82) is 0 Å². The summed E-state index contributed by atoms with van der Waals surface area (Å²) in [4.78, 5) is 3.87. The Morgan fingerprint density at radius 1 is 1.27 bits per heavy atom. The number of alkyl halides is 3. The molecule has 0 aliphatic rings. The minimum atomic E-state index is -4.67. The largest absolute Gasteiger partial charge is 0.573 e. The number of halogens is 3. The predicted molar refractivity (Wildman–Crippen MR) is 47.3 cm³/mol. The average Bonchev–Trinajstić information content (AvgIpc) is 2.15. The number of hydrogen-bond acceptors (Lipinski definition) is 2. The summed E-state index contributed by atoms with van der Waals surface area (Å²) in [6.45, 7) is 0. The molecule has 0 spiro atoms. The van der Waals surface area contributed by atoms with Gasteiger partial charge in [0.05, 0.1) is 5.52 Å². The molecule has 5 heteroatoms. The number of pyridine rings is 1. The van der Waals surface area contributed by atoms with Gasteiger partial charge in [0.15, 0.2) is 0 Å². The van der Waals surface area contributed by atoms with Crippen LogP contribution in [0.3, 0.4) is 0 Å². The lowest BCUT2D eigenvalue weighted by Crippen LogP contribution is -2.17. The number of fused-ring (bicyclic) bond motifs is 1. The van der Waals surface area contributed by atoms with Crippen molar-refractivity contribution in [1.82, 2.24) is 4.98 Å². The Balaban J connectivity index is 2.39. The molecule has 77 valence electrons. The molecule has 2 aromatic rings. The van der Waals surface area contributed by atoms with E-state index in [4.69, 9.17) is 0 Å². The molecule has 0 aliphatic heterocycles. The molecule has 1 heterocycles. The van der Waals surface area contributed by atoms with Gasteiger partial charge in [-0.3, -0.25) is 4.98 Å². The van der Waals surface area contributed by atoms with Crippen molar-refractivity contribution >= 4 is 10.9 Å². The second-order valence-corrected chi connectivity index (χ2v) is 2.84. The summed E-state index contributed by atoms with van der Waals surface area (Å²) in [5, 5.41) is 0.715. The van der Waals surface area contributed by atoms with Crippen molar-refractivity contribution in [3.63, 3.8) is 0 Å². The average molecular weight is 212 g/mol. The van der Waals surface area contributed by atoms with Crippen LogP contribution in [0, 0.1) is 6.07 Å². The molecule has 0 N–H and O–H groups in total. The highest BCUT2D eigenvalue weighted by molar-refractivity contribution is 5.79. The molecule has 0 atom stereocenters. The second kappa shape index (κ2) is 3.42. The quantitative estimate of drug-likeness (QED) is 0.725. The number of rotatable bonds is 1. The molecule has 2 nitrogen and oxygen atoms in total. The molecule has 0 unspecified atom stereocenters. The van der Waals surface area contributed by atoms with Gasteiger partial charge in [-0.15, -0.1) is 13.2 Å². The predicted octanol–water partition coefficient (Wildman–Crippen LogP) is 2.93. The van der Waals surface area contributed by atoms with Gasteiger partial charge < -0.3 is 4.74 Å². The Kier molecular flexibility index (Phi) is 2.22. The van der Waals surface area contributed by atoms with E-state index in [-0.39, 0.29) is 5.75 Å². The molecule has 2 rings (SSSR count). The van der Waals surface area contributed by atoms with Crippen LogP contribution in [0.5, 0.6) is 5.75 Å². The van der Waals surface area contributed by atoms with Crippen LogP contribution in [0.2, 0.25) is 0 Å². The molecule has 0 saturated heterocycles. The molecular formula is C10H5F3NO. The molecule has 0 aliphatic carbocycles. The molecule has 0 bridgehead atoms. The Bertz CT molecular complexity index is 481. The van der Waals surface area contributed by atoms with Crippen LogP contribution >= 0.6 is 0 Å². The number of ether oxygens (including phenoxy) is 1. The van der Waals surface area contributed by atoms with Gasteiger partial charge in [-0.25, -0.2) is 0 Å². The van der Waals surface area contributed by atoms with Crippen LogP contribution in [0.25, 0.3) is 10.9 Å². The molecule has 0 saturated carbocycles. The SMILES string of the molecule is FC(F)(F)Oc1ccc2c[c]cnc2c1. The van der Waals surface area contributed by atoms with Crippen LogP contribution in [-0.4, -0.2) is 11.3 Å². The first-order valence-corrected chi connectivity index (χ1v) is 4.06. The summed E-state index contributed by atoms with van der Waals surface area (Å²) in [6.07, 6.45) is -3.28. The first-order valence-electron chi connectivity index (χ1n) is 4.06. The van der Waals surface area contributed by atoms with Crippen LogP contribution in [0.1, 0.15) is 0 Å². The van der Waals surface area contributed by atoms with Crippen molar-refractivity contribution in [2.75, 3.05) is 0 Å². The van der Waals surface area contributed by atoms with Gasteiger partial charge >= 0.3 is 6.36 Å². The van der Waals surface area contributed by atoms with Gasteiger partial charge in [0, 0.05) is 23.7 Å². The highest BCUT2D eigenvalue weighted by Crippen LogP contribution is 2.25. The van der Waals surface area contributed by atoms with E-state index < -0.39 is 6.36 Å². The van der Waals surface area contributed by atoms with Crippen LogP contribution in [0.15, 0.2) is 30.5 Å². The minimum absolute atomic E-state index is 0.270. The normalized spacial score (nSPS) is 11.7. The zero-order chi connectivity index (χ0) is 10.9. The van der Waals surface area contributed by atoms with Crippen LogP contribution in [-0.2, 0) is 0 Å². The fraction of sp³-hybridized carbons (Fsp3) is 0.100. The first kappa shape index (κ1) is 9.76.